The van der Waals surface area contributed by atoms with Crippen molar-refractivity contribution in [3.05, 3.63) is 46.8 Å². The summed E-state index contributed by atoms with van der Waals surface area (Å²) in [5.41, 5.74) is 2.52. The molecule has 0 amide bonds. The Morgan fingerprint density at radius 1 is 1.35 bits per heavy atom. The molecular formula is C13H15NO3. The lowest BCUT2D eigenvalue weighted by Crippen LogP contribution is -2.00. The topological polar surface area (TPSA) is 55.5 Å². The zero-order chi connectivity index (χ0) is 12.3. The fourth-order valence-electron chi connectivity index (χ4n) is 1.68. The van der Waals surface area contributed by atoms with E-state index in [1.807, 2.05) is 38.1 Å². The molecular weight excluding hydrogens is 218 g/mol. The molecule has 0 spiro atoms. The number of nitrogens with zero attached hydrogens (tertiary/aromatic N) is 1. The second-order valence-corrected chi connectivity index (χ2v) is 3.94. The zero-order valence-corrected chi connectivity index (χ0v) is 9.93. The molecule has 0 saturated carbocycles. The monoisotopic (exact) mass is 233 g/mol. The van der Waals surface area contributed by atoms with Crippen LogP contribution in [0.1, 0.15) is 22.6 Å². The molecule has 0 aliphatic carbocycles. The van der Waals surface area contributed by atoms with Gasteiger partial charge in [0.2, 0.25) is 0 Å². The Morgan fingerprint density at radius 2 is 2.18 bits per heavy atom. The minimum absolute atomic E-state index is 0.0329. The van der Waals surface area contributed by atoms with Gasteiger partial charge in [0.1, 0.15) is 23.8 Å². The van der Waals surface area contributed by atoms with Crippen LogP contribution < -0.4 is 4.74 Å². The number of benzene rings is 1. The third-order valence-electron chi connectivity index (χ3n) is 2.50. The molecule has 2 rings (SSSR count). The highest BCUT2D eigenvalue weighted by Crippen LogP contribution is 2.24. The molecule has 0 saturated heterocycles. The third-order valence-corrected chi connectivity index (χ3v) is 2.50. The average molecular weight is 233 g/mol. The van der Waals surface area contributed by atoms with Crippen molar-refractivity contribution in [2.75, 3.05) is 0 Å². The summed E-state index contributed by atoms with van der Waals surface area (Å²) in [6.07, 6.45) is 0. The van der Waals surface area contributed by atoms with E-state index < -0.39 is 0 Å². The maximum absolute atomic E-state index is 9.23. The van der Waals surface area contributed by atoms with Gasteiger partial charge in [0.15, 0.2) is 0 Å². The predicted octanol–water partition coefficient (Wildman–Crippen LogP) is 2.36. The van der Waals surface area contributed by atoms with E-state index in [1.54, 1.807) is 0 Å². The molecule has 0 fully saturated rings. The molecule has 1 aromatic heterocycles. The predicted molar refractivity (Wildman–Crippen MR) is 62.7 cm³/mol. The molecule has 0 bridgehead atoms. The summed E-state index contributed by atoms with van der Waals surface area (Å²) in [5, 5.41) is 13.1. The zero-order valence-electron chi connectivity index (χ0n) is 9.93. The highest BCUT2D eigenvalue weighted by atomic mass is 16.5. The Hall–Kier alpha value is -1.81. The molecule has 2 aromatic rings. The smallest absolute Gasteiger partial charge is 0.134 e. The van der Waals surface area contributed by atoms with Gasteiger partial charge in [0.05, 0.1) is 6.61 Å². The molecule has 1 aromatic carbocycles. The summed E-state index contributed by atoms with van der Waals surface area (Å²) in [4.78, 5) is 0. The molecule has 0 radical (unpaired) electrons. The van der Waals surface area contributed by atoms with Gasteiger partial charge in [-0.15, -0.1) is 0 Å². The maximum Gasteiger partial charge on any atom is 0.134 e. The number of aromatic nitrogens is 1. The fraction of sp³-hybridized carbons (Fsp3) is 0.308. The van der Waals surface area contributed by atoms with Crippen molar-refractivity contribution in [3.8, 4) is 5.75 Å². The van der Waals surface area contributed by atoms with Crippen molar-refractivity contribution in [3.63, 3.8) is 0 Å². The molecule has 90 valence electrons. The lowest BCUT2D eigenvalue weighted by molar-refractivity contribution is 0.253. The molecule has 0 atom stereocenters. The quantitative estimate of drug-likeness (QED) is 0.880. The summed E-state index contributed by atoms with van der Waals surface area (Å²) >= 11 is 0. The number of aryl methyl sites for hydroxylation is 2. The third kappa shape index (κ3) is 2.65. The van der Waals surface area contributed by atoms with Crippen LogP contribution in [0.4, 0.5) is 0 Å². The molecule has 4 nitrogen and oxygen atoms in total. The average Bonchev–Trinajstić information content (AvgIpc) is 2.73. The van der Waals surface area contributed by atoms with Crippen LogP contribution in [0.2, 0.25) is 0 Å². The van der Waals surface area contributed by atoms with Crippen molar-refractivity contribution in [1.82, 2.24) is 5.16 Å². The van der Waals surface area contributed by atoms with Crippen LogP contribution in [0, 0.1) is 13.8 Å². The Bertz CT molecular complexity index is 505. The Labute approximate surface area is 99.8 Å². The first-order chi connectivity index (χ1) is 8.20. The minimum atomic E-state index is -0.0329. The largest absolute Gasteiger partial charge is 0.487 e. The summed E-state index contributed by atoms with van der Waals surface area (Å²) in [5.74, 6) is 1.48. The van der Waals surface area contributed by atoms with Crippen LogP contribution in [-0.2, 0) is 13.2 Å². The van der Waals surface area contributed by atoms with E-state index in [0.29, 0.717) is 6.61 Å². The molecule has 4 heteroatoms. The van der Waals surface area contributed by atoms with Gasteiger partial charge in [0.25, 0.3) is 0 Å². The highest BCUT2D eigenvalue weighted by Gasteiger charge is 2.08. The van der Waals surface area contributed by atoms with Crippen LogP contribution in [0.25, 0.3) is 0 Å². The summed E-state index contributed by atoms with van der Waals surface area (Å²) in [6, 6.07) is 7.52. The highest BCUT2D eigenvalue weighted by molar-refractivity contribution is 5.40. The van der Waals surface area contributed by atoms with Gasteiger partial charge in [0, 0.05) is 11.6 Å². The minimum Gasteiger partial charge on any atom is -0.487 e. The van der Waals surface area contributed by atoms with Crippen molar-refractivity contribution >= 4 is 0 Å². The first-order valence-corrected chi connectivity index (χ1v) is 5.45. The lowest BCUT2D eigenvalue weighted by atomic mass is 10.1. The maximum atomic E-state index is 9.23. The number of ether oxygens (including phenoxy) is 1. The van der Waals surface area contributed by atoms with Gasteiger partial charge in [-0.05, 0) is 19.4 Å². The standard InChI is InChI=1S/C13H15NO3/c1-9-4-3-5-11(7-15)13(9)16-8-12-6-10(2)17-14-12/h3-6,15H,7-8H2,1-2H3. The Morgan fingerprint density at radius 3 is 2.82 bits per heavy atom. The number of aliphatic hydroxyl groups excluding tert-OH is 1. The number of aliphatic hydroxyl groups is 1. The number of rotatable bonds is 4. The van der Waals surface area contributed by atoms with E-state index in [0.717, 1.165) is 28.3 Å². The van der Waals surface area contributed by atoms with Gasteiger partial charge < -0.3 is 14.4 Å². The lowest BCUT2D eigenvalue weighted by Gasteiger charge is -2.11. The molecule has 0 aliphatic rings. The Kier molecular flexibility index (Phi) is 3.44. The summed E-state index contributed by atoms with van der Waals surface area (Å²) in [6.45, 7) is 4.09. The molecule has 1 N–H and O–H groups in total. The van der Waals surface area contributed by atoms with Crippen molar-refractivity contribution in [2.24, 2.45) is 0 Å². The number of hydrogen-bond donors (Lipinski definition) is 1. The van der Waals surface area contributed by atoms with E-state index in [9.17, 15) is 5.11 Å². The van der Waals surface area contributed by atoms with E-state index in [-0.39, 0.29) is 6.61 Å². The second-order valence-electron chi connectivity index (χ2n) is 3.94. The van der Waals surface area contributed by atoms with Crippen molar-refractivity contribution in [2.45, 2.75) is 27.1 Å². The van der Waals surface area contributed by atoms with Crippen molar-refractivity contribution in [1.29, 1.82) is 0 Å². The molecule has 1 heterocycles. The van der Waals surface area contributed by atoms with Gasteiger partial charge in [-0.3, -0.25) is 0 Å². The van der Waals surface area contributed by atoms with Crippen LogP contribution in [0.5, 0.6) is 5.75 Å². The molecule has 0 unspecified atom stereocenters. The first kappa shape index (κ1) is 11.7. The summed E-state index contributed by atoms with van der Waals surface area (Å²) in [7, 11) is 0. The van der Waals surface area contributed by atoms with Gasteiger partial charge in [-0.1, -0.05) is 23.4 Å². The van der Waals surface area contributed by atoms with E-state index in [1.165, 1.54) is 0 Å². The van der Waals surface area contributed by atoms with Gasteiger partial charge >= 0.3 is 0 Å². The number of para-hydroxylation sites is 1. The van der Waals surface area contributed by atoms with E-state index >= 15 is 0 Å². The molecule has 0 aliphatic heterocycles. The van der Waals surface area contributed by atoms with Crippen LogP contribution in [0.3, 0.4) is 0 Å². The Balaban J connectivity index is 2.13. The van der Waals surface area contributed by atoms with Gasteiger partial charge in [-0.2, -0.15) is 0 Å². The summed E-state index contributed by atoms with van der Waals surface area (Å²) < 4.78 is 10.6. The number of hydrogen-bond acceptors (Lipinski definition) is 4. The van der Waals surface area contributed by atoms with Crippen LogP contribution in [-0.4, -0.2) is 10.3 Å². The normalized spacial score (nSPS) is 10.5. The SMILES string of the molecule is Cc1cc(COc2c(C)cccc2CO)no1. The van der Waals surface area contributed by atoms with E-state index in [4.69, 9.17) is 9.26 Å². The van der Waals surface area contributed by atoms with Crippen molar-refractivity contribution < 1.29 is 14.4 Å². The fourth-order valence-corrected chi connectivity index (χ4v) is 1.68. The van der Waals surface area contributed by atoms with E-state index in [2.05, 4.69) is 5.16 Å². The van der Waals surface area contributed by atoms with Crippen LogP contribution in [0.15, 0.2) is 28.8 Å². The van der Waals surface area contributed by atoms with Crippen LogP contribution >= 0.6 is 0 Å². The van der Waals surface area contributed by atoms with Gasteiger partial charge in [-0.25, -0.2) is 0 Å². The second kappa shape index (κ2) is 5.01. The molecule has 17 heavy (non-hydrogen) atoms. The first-order valence-electron chi connectivity index (χ1n) is 5.45.